The van der Waals surface area contributed by atoms with Crippen LogP contribution in [0.3, 0.4) is 0 Å². The van der Waals surface area contributed by atoms with Crippen LogP contribution in [0.5, 0.6) is 0 Å². The lowest BCUT2D eigenvalue weighted by molar-refractivity contribution is -0.149. The van der Waals surface area contributed by atoms with Gasteiger partial charge in [-0.05, 0) is 49.4 Å². The van der Waals surface area contributed by atoms with Gasteiger partial charge in [-0.1, -0.05) is 13.8 Å². The SMILES string of the molecule is COC(=O)CC(C)(O)C1CC2CC1C(C)C2C. The normalized spacial score (nSPS) is 43.5. The van der Waals surface area contributed by atoms with E-state index in [-0.39, 0.29) is 18.3 Å². The monoisotopic (exact) mass is 240 g/mol. The van der Waals surface area contributed by atoms with E-state index in [0.29, 0.717) is 11.8 Å². The zero-order chi connectivity index (χ0) is 12.8. The molecule has 0 aromatic heterocycles. The van der Waals surface area contributed by atoms with Crippen molar-refractivity contribution in [1.82, 2.24) is 0 Å². The summed E-state index contributed by atoms with van der Waals surface area (Å²) in [6.45, 7) is 6.41. The average Bonchev–Trinajstić information content (AvgIpc) is 2.80. The summed E-state index contributed by atoms with van der Waals surface area (Å²) in [5.41, 5.74) is -0.902. The van der Waals surface area contributed by atoms with E-state index < -0.39 is 5.60 Å². The van der Waals surface area contributed by atoms with E-state index in [1.54, 1.807) is 6.92 Å². The largest absolute Gasteiger partial charge is 0.469 e. The maximum Gasteiger partial charge on any atom is 0.308 e. The van der Waals surface area contributed by atoms with Crippen molar-refractivity contribution in [3.63, 3.8) is 0 Å². The van der Waals surface area contributed by atoms with Crippen LogP contribution in [-0.4, -0.2) is 23.8 Å². The van der Waals surface area contributed by atoms with E-state index in [1.807, 2.05) is 0 Å². The minimum absolute atomic E-state index is 0.123. The van der Waals surface area contributed by atoms with Crippen molar-refractivity contribution < 1.29 is 14.6 Å². The van der Waals surface area contributed by atoms with Gasteiger partial charge in [0.1, 0.15) is 0 Å². The molecule has 0 spiro atoms. The van der Waals surface area contributed by atoms with Crippen LogP contribution in [-0.2, 0) is 9.53 Å². The van der Waals surface area contributed by atoms with E-state index in [0.717, 1.165) is 18.3 Å². The number of ether oxygens (including phenoxy) is 1. The zero-order valence-electron chi connectivity index (χ0n) is 11.3. The van der Waals surface area contributed by atoms with Gasteiger partial charge in [0.25, 0.3) is 0 Å². The highest BCUT2D eigenvalue weighted by molar-refractivity contribution is 5.70. The fourth-order valence-electron chi connectivity index (χ4n) is 4.15. The number of hydrogen-bond acceptors (Lipinski definition) is 3. The molecule has 0 aromatic rings. The molecule has 2 rings (SSSR count). The van der Waals surface area contributed by atoms with Gasteiger partial charge in [-0.2, -0.15) is 0 Å². The molecule has 6 atom stereocenters. The van der Waals surface area contributed by atoms with Crippen LogP contribution in [0, 0.1) is 29.6 Å². The summed E-state index contributed by atoms with van der Waals surface area (Å²) in [6, 6.07) is 0. The summed E-state index contributed by atoms with van der Waals surface area (Å²) in [4.78, 5) is 11.4. The van der Waals surface area contributed by atoms with Crippen molar-refractivity contribution in [2.75, 3.05) is 7.11 Å². The topological polar surface area (TPSA) is 46.5 Å². The third kappa shape index (κ3) is 2.10. The zero-order valence-corrected chi connectivity index (χ0v) is 11.3. The standard InChI is InChI=1S/C14H24O3/c1-8-9(2)11-5-10(8)6-12(11)14(3,16)7-13(15)17-4/h8-12,16H,5-7H2,1-4H3. The smallest absolute Gasteiger partial charge is 0.308 e. The molecule has 0 aliphatic heterocycles. The van der Waals surface area contributed by atoms with E-state index in [2.05, 4.69) is 18.6 Å². The Balaban J connectivity index is 2.07. The molecular formula is C14H24O3. The van der Waals surface area contributed by atoms with Gasteiger partial charge in [-0.25, -0.2) is 0 Å². The molecule has 2 bridgehead atoms. The van der Waals surface area contributed by atoms with Crippen LogP contribution in [0.1, 0.15) is 40.0 Å². The predicted molar refractivity (Wildman–Crippen MR) is 65.3 cm³/mol. The van der Waals surface area contributed by atoms with Crippen molar-refractivity contribution in [2.24, 2.45) is 29.6 Å². The summed E-state index contributed by atoms with van der Waals surface area (Å²) in [5, 5.41) is 10.5. The minimum Gasteiger partial charge on any atom is -0.469 e. The fraction of sp³-hybridized carbons (Fsp3) is 0.929. The van der Waals surface area contributed by atoms with Gasteiger partial charge in [0, 0.05) is 0 Å². The second-order valence-electron chi connectivity index (χ2n) is 6.33. The fourth-order valence-corrected chi connectivity index (χ4v) is 4.15. The summed E-state index contributed by atoms with van der Waals surface area (Å²) < 4.78 is 4.67. The first kappa shape index (κ1) is 12.9. The average molecular weight is 240 g/mol. The second kappa shape index (κ2) is 4.27. The molecule has 2 aliphatic rings. The molecule has 2 fully saturated rings. The van der Waals surface area contributed by atoms with Gasteiger partial charge < -0.3 is 9.84 Å². The molecule has 17 heavy (non-hydrogen) atoms. The molecule has 3 nitrogen and oxygen atoms in total. The molecule has 98 valence electrons. The summed E-state index contributed by atoms with van der Waals surface area (Å²) >= 11 is 0. The second-order valence-corrected chi connectivity index (χ2v) is 6.33. The number of aliphatic hydroxyl groups is 1. The maximum atomic E-state index is 11.4. The highest BCUT2D eigenvalue weighted by Crippen LogP contribution is 2.58. The maximum absolute atomic E-state index is 11.4. The van der Waals surface area contributed by atoms with Crippen molar-refractivity contribution >= 4 is 5.97 Å². The highest BCUT2D eigenvalue weighted by atomic mass is 16.5. The molecule has 2 aliphatic carbocycles. The molecule has 0 heterocycles. The molecule has 3 heteroatoms. The van der Waals surface area contributed by atoms with E-state index >= 15 is 0 Å². The van der Waals surface area contributed by atoms with Crippen LogP contribution < -0.4 is 0 Å². The van der Waals surface area contributed by atoms with Gasteiger partial charge in [0.2, 0.25) is 0 Å². The third-order valence-corrected chi connectivity index (χ3v) is 5.43. The number of carbonyl (C=O) groups is 1. The van der Waals surface area contributed by atoms with Gasteiger partial charge in [0.15, 0.2) is 0 Å². The lowest BCUT2D eigenvalue weighted by atomic mass is 9.68. The number of esters is 1. The summed E-state index contributed by atoms with van der Waals surface area (Å²) in [5.74, 6) is 2.71. The first-order valence-electron chi connectivity index (χ1n) is 6.66. The number of hydrogen-bond donors (Lipinski definition) is 1. The molecule has 0 amide bonds. The summed E-state index contributed by atoms with van der Waals surface area (Å²) in [7, 11) is 1.38. The van der Waals surface area contributed by atoms with Crippen molar-refractivity contribution in [3.8, 4) is 0 Å². The van der Waals surface area contributed by atoms with Gasteiger partial charge >= 0.3 is 5.97 Å². The van der Waals surface area contributed by atoms with E-state index in [1.165, 1.54) is 13.5 Å². The lowest BCUT2D eigenvalue weighted by Crippen LogP contribution is -2.43. The third-order valence-electron chi connectivity index (χ3n) is 5.43. The van der Waals surface area contributed by atoms with Crippen LogP contribution in [0.2, 0.25) is 0 Å². The van der Waals surface area contributed by atoms with E-state index in [9.17, 15) is 9.90 Å². The van der Waals surface area contributed by atoms with Crippen LogP contribution >= 0.6 is 0 Å². The van der Waals surface area contributed by atoms with E-state index in [4.69, 9.17) is 0 Å². The summed E-state index contributed by atoms with van der Waals surface area (Å²) in [6.07, 6.45) is 2.42. The Bertz CT molecular complexity index is 309. The minimum atomic E-state index is -0.902. The van der Waals surface area contributed by atoms with Gasteiger partial charge in [-0.15, -0.1) is 0 Å². The molecule has 0 saturated heterocycles. The molecule has 1 N–H and O–H groups in total. The Hall–Kier alpha value is -0.570. The molecule has 6 unspecified atom stereocenters. The molecule has 0 aromatic carbocycles. The molecular weight excluding hydrogens is 216 g/mol. The van der Waals surface area contributed by atoms with Crippen LogP contribution in [0.15, 0.2) is 0 Å². The number of methoxy groups -OCH3 is 1. The number of carbonyl (C=O) groups excluding carboxylic acids is 1. The van der Waals surface area contributed by atoms with Crippen LogP contribution in [0.4, 0.5) is 0 Å². The molecule has 2 saturated carbocycles. The van der Waals surface area contributed by atoms with Crippen LogP contribution in [0.25, 0.3) is 0 Å². The first-order chi connectivity index (χ1) is 7.86. The number of fused-ring (bicyclic) bond motifs is 2. The van der Waals surface area contributed by atoms with Crippen molar-refractivity contribution in [2.45, 2.75) is 45.6 Å². The Morgan fingerprint density at radius 3 is 2.47 bits per heavy atom. The Kier molecular flexibility index (Phi) is 3.23. The Morgan fingerprint density at radius 1 is 1.35 bits per heavy atom. The first-order valence-corrected chi connectivity index (χ1v) is 6.66. The quantitative estimate of drug-likeness (QED) is 0.769. The van der Waals surface area contributed by atoms with Crippen molar-refractivity contribution in [1.29, 1.82) is 0 Å². The molecule has 0 radical (unpaired) electrons. The van der Waals surface area contributed by atoms with Gasteiger partial charge in [0.05, 0.1) is 19.1 Å². The predicted octanol–water partition coefficient (Wildman–Crippen LogP) is 2.23. The highest BCUT2D eigenvalue weighted by Gasteiger charge is 2.54. The number of rotatable bonds is 3. The lowest BCUT2D eigenvalue weighted by Gasteiger charge is -2.40. The Labute approximate surface area is 104 Å². The Morgan fingerprint density at radius 2 is 2.00 bits per heavy atom. The van der Waals surface area contributed by atoms with Crippen molar-refractivity contribution in [3.05, 3.63) is 0 Å². The van der Waals surface area contributed by atoms with Gasteiger partial charge in [-0.3, -0.25) is 4.79 Å².